The molecule has 1 saturated heterocycles. The Morgan fingerprint density at radius 1 is 1.33 bits per heavy atom. The number of nitrogens with zero attached hydrogens (tertiary/aromatic N) is 4. The number of hydrogen-bond donors (Lipinski definition) is 1. The van der Waals surface area contributed by atoms with E-state index >= 15 is 0 Å². The summed E-state index contributed by atoms with van der Waals surface area (Å²) in [6.45, 7) is 5.46. The van der Waals surface area contributed by atoms with E-state index in [1.165, 1.54) is 36.4 Å². The fourth-order valence-corrected chi connectivity index (χ4v) is 4.58. The van der Waals surface area contributed by atoms with Gasteiger partial charge in [-0.1, -0.05) is 19.8 Å². The molecule has 0 bridgehead atoms. The summed E-state index contributed by atoms with van der Waals surface area (Å²) in [5, 5.41) is 10.9. The van der Waals surface area contributed by atoms with Crippen LogP contribution in [-0.2, 0) is 17.7 Å². The molecule has 0 unspecified atom stereocenters. The topological polar surface area (TPSA) is 66.9 Å². The van der Waals surface area contributed by atoms with Gasteiger partial charge in [0.15, 0.2) is 5.82 Å². The van der Waals surface area contributed by atoms with Crippen LogP contribution in [0.25, 0.3) is 0 Å². The van der Waals surface area contributed by atoms with E-state index in [0.29, 0.717) is 5.92 Å². The molecule has 7 heteroatoms. The Hall–Kier alpha value is -1.31. The zero-order valence-electron chi connectivity index (χ0n) is 14.2. The third-order valence-corrected chi connectivity index (χ3v) is 6.04. The van der Waals surface area contributed by atoms with Crippen molar-refractivity contribution in [1.29, 1.82) is 0 Å². The summed E-state index contributed by atoms with van der Waals surface area (Å²) >= 11 is 1.84. The van der Waals surface area contributed by atoms with Gasteiger partial charge in [0.25, 0.3) is 0 Å². The molecule has 0 radical (unpaired) electrons. The number of hydrogen-bond acceptors (Lipinski definition) is 6. The van der Waals surface area contributed by atoms with Gasteiger partial charge < -0.3 is 4.74 Å². The minimum atomic E-state index is -0.0387. The van der Waals surface area contributed by atoms with E-state index in [-0.39, 0.29) is 6.10 Å². The highest BCUT2D eigenvalue weighted by Crippen LogP contribution is 2.35. The molecule has 0 amide bonds. The zero-order chi connectivity index (χ0) is 16.4. The second-order valence-corrected chi connectivity index (χ2v) is 7.64. The van der Waals surface area contributed by atoms with E-state index in [1.54, 1.807) is 0 Å². The first-order valence-electron chi connectivity index (χ1n) is 9.01. The van der Waals surface area contributed by atoms with Gasteiger partial charge in [-0.05, 0) is 12.8 Å². The van der Waals surface area contributed by atoms with E-state index in [9.17, 15) is 0 Å². The minimum absolute atomic E-state index is 0.0387. The van der Waals surface area contributed by atoms with Crippen molar-refractivity contribution in [3.63, 3.8) is 0 Å². The van der Waals surface area contributed by atoms with Crippen LogP contribution in [0.5, 0.6) is 0 Å². The molecular formula is C17H25N5OS. The summed E-state index contributed by atoms with van der Waals surface area (Å²) in [6.07, 6.45) is 6.19. The van der Waals surface area contributed by atoms with E-state index in [0.717, 1.165) is 44.3 Å². The van der Waals surface area contributed by atoms with Crippen molar-refractivity contribution in [3.05, 3.63) is 27.7 Å². The fraction of sp³-hybridized carbons (Fsp3) is 0.706. The Labute approximate surface area is 146 Å². The zero-order valence-corrected chi connectivity index (χ0v) is 15.0. The molecule has 2 aromatic heterocycles. The van der Waals surface area contributed by atoms with Gasteiger partial charge in [-0.3, -0.25) is 10.00 Å². The first-order chi connectivity index (χ1) is 11.8. The molecule has 3 heterocycles. The summed E-state index contributed by atoms with van der Waals surface area (Å²) in [5.74, 6) is 2.41. The van der Waals surface area contributed by atoms with Crippen LogP contribution >= 0.6 is 11.3 Å². The average Bonchev–Trinajstić information content (AvgIpc) is 3.36. The highest BCUT2D eigenvalue weighted by atomic mass is 32.1. The summed E-state index contributed by atoms with van der Waals surface area (Å²) < 4.78 is 5.87. The van der Waals surface area contributed by atoms with Crippen LogP contribution in [0, 0.1) is 0 Å². The molecule has 0 spiro atoms. The highest BCUT2D eigenvalue weighted by Gasteiger charge is 2.26. The molecule has 1 saturated carbocycles. The second-order valence-electron chi connectivity index (χ2n) is 6.75. The maximum Gasteiger partial charge on any atom is 0.180 e. The Kier molecular flexibility index (Phi) is 4.91. The minimum Gasteiger partial charge on any atom is -0.367 e. The molecule has 2 aromatic rings. The first kappa shape index (κ1) is 16.2. The lowest BCUT2D eigenvalue weighted by Gasteiger charge is -2.31. The van der Waals surface area contributed by atoms with Crippen LogP contribution in [0.4, 0.5) is 0 Å². The number of H-pyrrole nitrogens is 1. The Morgan fingerprint density at radius 3 is 3.00 bits per heavy atom. The smallest absolute Gasteiger partial charge is 0.180 e. The van der Waals surface area contributed by atoms with Crippen molar-refractivity contribution < 1.29 is 4.74 Å². The lowest BCUT2D eigenvalue weighted by molar-refractivity contribution is -0.0373. The summed E-state index contributed by atoms with van der Waals surface area (Å²) in [4.78, 5) is 11.8. The van der Waals surface area contributed by atoms with Gasteiger partial charge in [0.2, 0.25) is 0 Å². The summed E-state index contributed by atoms with van der Waals surface area (Å²) in [5.41, 5.74) is 1.20. The number of aromatic nitrogens is 4. The number of thiazole rings is 1. The SMILES string of the molecule is CCc1nc([C@H]2CN(Cc3csc(C4CCCC4)n3)CCO2)n[nH]1. The molecule has 2 fully saturated rings. The fourth-order valence-electron chi connectivity index (χ4n) is 3.60. The molecule has 24 heavy (non-hydrogen) atoms. The van der Waals surface area contributed by atoms with Crippen molar-refractivity contribution in [2.75, 3.05) is 19.7 Å². The van der Waals surface area contributed by atoms with Gasteiger partial charge >= 0.3 is 0 Å². The van der Waals surface area contributed by atoms with Gasteiger partial charge in [0.1, 0.15) is 11.9 Å². The number of aromatic amines is 1. The van der Waals surface area contributed by atoms with Crippen molar-refractivity contribution in [3.8, 4) is 0 Å². The lowest BCUT2D eigenvalue weighted by Crippen LogP contribution is -2.38. The van der Waals surface area contributed by atoms with Gasteiger partial charge in [-0.25, -0.2) is 9.97 Å². The Morgan fingerprint density at radius 2 is 2.21 bits per heavy atom. The average molecular weight is 347 g/mol. The van der Waals surface area contributed by atoms with Gasteiger partial charge in [-0.2, -0.15) is 5.10 Å². The standard InChI is InChI=1S/C17H25N5OS/c1-2-15-19-16(21-20-15)14-10-22(7-8-23-14)9-13-11-24-17(18-13)12-5-3-4-6-12/h11-12,14H,2-10H2,1H3,(H,19,20,21)/t14-/m1/s1. The van der Waals surface area contributed by atoms with Crippen LogP contribution in [0.1, 0.15) is 67.0 Å². The molecule has 4 rings (SSSR count). The first-order valence-corrected chi connectivity index (χ1v) is 9.89. The number of rotatable bonds is 5. The van der Waals surface area contributed by atoms with Crippen LogP contribution in [0.15, 0.2) is 5.38 Å². The van der Waals surface area contributed by atoms with Crippen LogP contribution in [0.3, 0.4) is 0 Å². The third kappa shape index (κ3) is 3.53. The van der Waals surface area contributed by atoms with E-state index in [2.05, 4.69) is 32.4 Å². The number of ether oxygens (including phenoxy) is 1. The number of nitrogens with one attached hydrogen (secondary N) is 1. The Bertz CT molecular complexity index is 663. The largest absolute Gasteiger partial charge is 0.367 e. The van der Waals surface area contributed by atoms with Gasteiger partial charge in [0, 0.05) is 37.4 Å². The molecular weight excluding hydrogens is 322 g/mol. The monoisotopic (exact) mass is 347 g/mol. The van der Waals surface area contributed by atoms with Crippen LogP contribution in [0.2, 0.25) is 0 Å². The van der Waals surface area contributed by atoms with E-state index < -0.39 is 0 Å². The normalized spacial score (nSPS) is 23.1. The lowest BCUT2D eigenvalue weighted by atomic mass is 10.1. The quantitative estimate of drug-likeness (QED) is 0.900. The summed E-state index contributed by atoms with van der Waals surface area (Å²) in [7, 11) is 0. The maximum atomic E-state index is 5.87. The number of aryl methyl sites for hydroxylation is 1. The van der Waals surface area contributed by atoms with Crippen molar-refractivity contribution in [1.82, 2.24) is 25.1 Å². The third-order valence-electron chi connectivity index (χ3n) is 4.98. The summed E-state index contributed by atoms with van der Waals surface area (Å²) in [6, 6.07) is 0. The molecule has 1 aliphatic carbocycles. The van der Waals surface area contributed by atoms with Crippen molar-refractivity contribution >= 4 is 11.3 Å². The predicted octanol–water partition coefficient (Wildman–Crippen LogP) is 3.05. The second kappa shape index (κ2) is 7.29. The molecule has 1 atom stereocenters. The molecule has 2 aliphatic rings. The van der Waals surface area contributed by atoms with Crippen molar-refractivity contribution in [2.45, 2.75) is 57.6 Å². The molecule has 6 nitrogen and oxygen atoms in total. The number of morpholine rings is 1. The Balaban J connectivity index is 1.37. The van der Waals surface area contributed by atoms with E-state index in [1.807, 2.05) is 11.3 Å². The molecule has 1 aliphatic heterocycles. The molecule has 130 valence electrons. The van der Waals surface area contributed by atoms with Gasteiger partial charge in [0.05, 0.1) is 17.3 Å². The highest BCUT2D eigenvalue weighted by molar-refractivity contribution is 7.09. The van der Waals surface area contributed by atoms with E-state index in [4.69, 9.17) is 9.72 Å². The van der Waals surface area contributed by atoms with Crippen molar-refractivity contribution in [2.24, 2.45) is 0 Å². The van der Waals surface area contributed by atoms with Crippen LogP contribution < -0.4 is 0 Å². The predicted molar refractivity (Wildman–Crippen MR) is 93.1 cm³/mol. The van der Waals surface area contributed by atoms with Gasteiger partial charge in [-0.15, -0.1) is 11.3 Å². The molecule has 1 N–H and O–H groups in total. The van der Waals surface area contributed by atoms with Crippen LogP contribution in [-0.4, -0.2) is 44.8 Å². The molecule has 0 aromatic carbocycles. The maximum absolute atomic E-state index is 5.87.